The first-order valence-electron chi connectivity index (χ1n) is 10.6. The molecule has 0 bridgehead atoms. The summed E-state index contributed by atoms with van der Waals surface area (Å²) in [7, 11) is 1.84. The summed E-state index contributed by atoms with van der Waals surface area (Å²) in [5.41, 5.74) is 2.65. The molecule has 1 aromatic heterocycles. The summed E-state index contributed by atoms with van der Waals surface area (Å²) in [6, 6.07) is 11.7. The fourth-order valence-corrected chi connectivity index (χ4v) is 4.62. The van der Waals surface area contributed by atoms with Gasteiger partial charge in [0, 0.05) is 43.0 Å². The van der Waals surface area contributed by atoms with Crippen molar-refractivity contribution in [2.75, 3.05) is 20.1 Å². The van der Waals surface area contributed by atoms with E-state index in [-0.39, 0.29) is 5.41 Å². The molecule has 1 saturated heterocycles. The molecule has 0 aliphatic carbocycles. The fourth-order valence-electron chi connectivity index (χ4n) is 3.66. The normalized spacial score (nSPS) is 17.9. The Balaban J connectivity index is 1.45. The van der Waals surface area contributed by atoms with Gasteiger partial charge in [-0.3, -0.25) is 9.89 Å². The number of thiazole rings is 1. The summed E-state index contributed by atoms with van der Waals surface area (Å²) in [4.78, 5) is 11.7. The van der Waals surface area contributed by atoms with E-state index >= 15 is 0 Å². The third-order valence-corrected chi connectivity index (χ3v) is 6.50. The highest BCUT2D eigenvalue weighted by molar-refractivity contribution is 7.09. The topological polar surface area (TPSA) is 52.6 Å². The van der Waals surface area contributed by atoms with Gasteiger partial charge in [0.15, 0.2) is 5.96 Å². The van der Waals surface area contributed by atoms with Gasteiger partial charge in [-0.15, -0.1) is 11.3 Å². The van der Waals surface area contributed by atoms with E-state index in [0.717, 1.165) is 42.6 Å². The average Bonchev–Trinajstić information content (AvgIpc) is 3.21. The average molecular weight is 414 g/mol. The second-order valence-corrected chi connectivity index (χ2v) is 9.79. The zero-order chi connectivity index (χ0) is 20.9. The maximum absolute atomic E-state index is 4.76. The lowest BCUT2D eigenvalue weighted by atomic mass is 9.93. The fraction of sp³-hybridized carbons (Fsp3) is 0.565. The lowest BCUT2D eigenvalue weighted by molar-refractivity contribution is 0.158. The molecule has 1 aliphatic rings. The van der Waals surface area contributed by atoms with Gasteiger partial charge in [0.2, 0.25) is 0 Å². The minimum absolute atomic E-state index is 0.0968. The highest BCUT2D eigenvalue weighted by atomic mass is 32.1. The van der Waals surface area contributed by atoms with E-state index < -0.39 is 0 Å². The predicted molar refractivity (Wildman–Crippen MR) is 124 cm³/mol. The molecule has 29 heavy (non-hydrogen) atoms. The Morgan fingerprint density at radius 3 is 2.52 bits per heavy atom. The van der Waals surface area contributed by atoms with Crippen molar-refractivity contribution in [1.82, 2.24) is 20.5 Å². The molecule has 0 spiro atoms. The van der Waals surface area contributed by atoms with Crippen molar-refractivity contribution < 1.29 is 0 Å². The number of hydrogen-bond acceptors (Lipinski definition) is 4. The number of rotatable bonds is 5. The van der Waals surface area contributed by atoms with Gasteiger partial charge >= 0.3 is 0 Å². The minimum atomic E-state index is 0.0968. The number of aromatic nitrogens is 1. The number of hydrogen-bond donors (Lipinski definition) is 2. The molecule has 2 aromatic rings. The van der Waals surface area contributed by atoms with Gasteiger partial charge < -0.3 is 10.6 Å². The summed E-state index contributed by atoms with van der Waals surface area (Å²) < 4.78 is 0. The van der Waals surface area contributed by atoms with Crippen LogP contribution in [0.4, 0.5) is 0 Å². The lowest BCUT2D eigenvalue weighted by Crippen LogP contribution is -2.48. The SMILES string of the molecule is CN=C(NCc1nc(C(C)(C)C)cs1)NC1CCN(C(C)c2ccccc2)CC1. The van der Waals surface area contributed by atoms with Gasteiger partial charge in [0.25, 0.3) is 0 Å². The first kappa shape index (κ1) is 21.8. The molecule has 2 heterocycles. The summed E-state index contributed by atoms with van der Waals surface area (Å²) in [5.74, 6) is 0.868. The van der Waals surface area contributed by atoms with E-state index in [9.17, 15) is 0 Å². The molecular weight excluding hydrogens is 378 g/mol. The van der Waals surface area contributed by atoms with Crippen molar-refractivity contribution in [2.45, 2.75) is 64.6 Å². The molecule has 6 heteroatoms. The Morgan fingerprint density at radius 1 is 1.24 bits per heavy atom. The molecule has 1 atom stereocenters. The molecule has 0 saturated carbocycles. The van der Waals surface area contributed by atoms with E-state index in [1.165, 1.54) is 5.56 Å². The molecule has 1 fully saturated rings. The Hall–Kier alpha value is -1.92. The maximum Gasteiger partial charge on any atom is 0.191 e. The number of nitrogens with zero attached hydrogens (tertiary/aromatic N) is 3. The largest absolute Gasteiger partial charge is 0.354 e. The van der Waals surface area contributed by atoms with Crippen LogP contribution in [0.5, 0.6) is 0 Å². The van der Waals surface area contributed by atoms with E-state index in [1.54, 1.807) is 11.3 Å². The Labute approximate surface area is 179 Å². The van der Waals surface area contributed by atoms with Gasteiger partial charge in [0.1, 0.15) is 5.01 Å². The molecule has 2 N–H and O–H groups in total. The van der Waals surface area contributed by atoms with Crippen LogP contribution >= 0.6 is 11.3 Å². The van der Waals surface area contributed by atoms with Gasteiger partial charge in [0.05, 0.1) is 12.2 Å². The zero-order valence-corrected chi connectivity index (χ0v) is 19.2. The first-order valence-corrected chi connectivity index (χ1v) is 11.5. The van der Waals surface area contributed by atoms with E-state index in [2.05, 4.69) is 83.9 Å². The lowest BCUT2D eigenvalue weighted by Gasteiger charge is -2.37. The van der Waals surface area contributed by atoms with Crippen LogP contribution in [0.2, 0.25) is 0 Å². The molecule has 158 valence electrons. The molecule has 3 rings (SSSR count). The van der Waals surface area contributed by atoms with Gasteiger partial charge in [-0.1, -0.05) is 51.1 Å². The number of nitrogens with one attached hydrogen (secondary N) is 2. The van der Waals surface area contributed by atoms with E-state index in [4.69, 9.17) is 4.98 Å². The second kappa shape index (κ2) is 9.72. The van der Waals surface area contributed by atoms with Crippen LogP contribution in [0.15, 0.2) is 40.7 Å². The van der Waals surface area contributed by atoms with Crippen molar-refractivity contribution >= 4 is 17.3 Å². The number of aliphatic imine (C=N–C) groups is 1. The molecular formula is C23H35N5S. The molecule has 0 amide bonds. The number of likely N-dealkylation sites (tertiary alicyclic amines) is 1. The van der Waals surface area contributed by atoms with Gasteiger partial charge in [-0.25, -0.2) is 4.98 Å². The van der Waals surface area contributed by atoms with Crippen molar-refractivity contribution in [3.05, 3.63) is 52.0 Å². The smallest absolute Gasteiger partial charge is 0.191 e. The Morgan fingerprint density at radius 2 is 1.93 bits per heavy atom. The third-order valence-electron chi connectivity index (χ3n) is 5.65. The predicted octanol–water partition coefficient (Wildman–Crippen LogP) is 4.33. The van der Waals surface area contributed by atoms with Crippen LogP contribution in [-0.4, -0.2) is 42.0 Å². The molecule has 0 radical (unpaired) electrons. The first-order chi connectivity index (χ1) is 13.9. The molecule has 1 aliphatic heterocycles. The van der Waals surface area contributed by atoms with Crippen molar-refractivity contribution in [3.63, 3.8) is 0 Å². The standard InChI is InChI=1S/C23H35N5S/c1-17(18-9-7-6-8-10-18)28-13-11-19(12-14-28)26-22(24-5)25-15-21-27-20(16-29-21)23(2,3)4/h6-10,16-17,19H,11-15H2,1-5H3,(H2,24,25,26). The summed E-state index contributed by atoms with van der Waals surface area (Å²) in [6.45, 7) is 11.8. The van der Waals surface area contributed by atoms with E-state index in [0.29, 0.717) is 18.6 Å². The van der Waals surface area contributed by atoms with Crippen LogP contribution in [0.25, 0.3) is 0 Å². The van der Waals surface area contributed by atoms with Crippen molar-refractivity contribution in [2.24, 2.45) is 4.99 Å². The number of benzene rings is 1. The highest BCUT2D eigenvalue weighted by Crippen LogP contribution is 2.25. The Bertz CT molecular complexity index is 785. The Kier molecular flexibility index (Phi) is 7.30. The molecule has 1 aromatic carbocycles. The van der Waals surface area contributed by atoms with Crippen LogP contribution in [0, 0.1) is 0 Å². The summed E-state index contributed by atoms with van der Waals surface area (Å²) in [6.07, 6.45) is 2.26. The van der Waals surface area contributed by atoms with Crippen LogP contribution in [0.1, 0.15) is 62.8 Å². The second-order valence-electron chi connectivity index (χ2n) is 8.84. The zero-order valence-electron chi connectivity index (χ0n) is 18.4. The minimum Gasteiger partial charge on any atom is -0.354 e. The molecule has 1 unspecified atom stereocenters. The van der Waals surface area contributed by atoms with Gasteiger partial charge in [-0.05, 0) is 25.3 Å². The number of piperidine rings is 1. The summed E-state index contributed by atoms with van der Waals surface area (Å²) >= 11 is 1.71. The maximum atomic E-state index is 4.76. The third kappa shape index (κ3) is 6.03. The summed E-state index contributed by atoms with van der Waals surface area (Å²) in [5, 5.41) is 10.3. The number of guanidine groups is 1. The molecule has 5 nitrogen and oxygen atoms in total. The van der Waals surface area contributed by atoms with E-state index in [1.807, 2.05) is 7.05 Å². The highest BCUT2D eigenvalue weighted by Gasteiger charge is 2.24. The van der Waals surface area contributed by atoms with Crippen LogP contribution in [0.3, 0.4) is 0 Å². The van der Waals surface area contributed by atoms with Gasteiger partial charge in [-0.2, -0.15) is 0 Å². The van der Waals surface area contributed by atoms with Crippen molar-refractivity contribution in [3.8, 4) is 0 Å². The van der Waals surface area contributed by atoms with Crippen LogP contribution < -0.4 is 10.6 Å². The monoisotopic (exact) mass is 413 g/mol. The van der Waals surface area contributed by atoms with Crippen LogP contribution in [-0.2, 0) is 12.0 Å². The van der Waals surface area contributed by atoms with Crippen molar-refractivity contribution in [1.29, 1.82) is 0 Å². The quantitative estimate of drug-likeness (QED) is 0.566.